The normalized spacial score (nSPS) is 10.8. The second-order valence-corrected chi connectivity index (χ2v) is 6.38. The number of hydrogen-bond donors (Lipinski definition) is 1. The fraction of sp³-hybridized carbons (Fsp3) is 0.0476. The number of nitrogens with one attached hydrogen (secondary N) is 1. The van der Waals surface area contributed by atoms with Crippen LogP contribution < -0.4 is 10.1 Å². The maximum absolute atomic E-state index is 13.2. The summed E-state index contributed by atoms with van der Waals surface area (Å²) in [5.74, 6) is 0.155. The van der Waals surface area contributed by atoms with Crippen LogP contribution in [0.5, 0.6) is 5.75 Å². The lowest BCUT2D eigenvalue weighted by Crippen LogP contribution is -2.20. The average Bonchev–Trinajstić information content (AvgIpc) is 3.10. The molecule has 4 rings (SSSR count). The number of aromatic nitrogens is 1. The van der Waals surface area contributed by atoms with Crippen LogP contribution in [0.1, 0.15) is 0 Å². The molecule has 7 heteroatoms. The number of carbonyl (C=O) groups is 1. The van der Waals surface area contributed by atoms with E-state index >= 15 is 0 Å². The third-order valence-electron chi connectivity index (χ3n) is 3.95. The fourth-order valence-electron chi connectivity index (χ4n) is 2.65. The monoisotopic (exact) mass is 396 g/mol. The summed E-state index contributed by atoms with van der Waals surface area (Å²) in [6.07, 6.45) is 0. The predicted octanol–water partition coefficient (Wildman–Crippen LogP) is 5.30. The van der Waals surface area contributed by atoms with Gasteiger partial charge in [0.1, 0.15) is 17.1 Å². The number of hydrogen-bond acceptors (Lipinski definition) is 4. The largest absolute Gasteiger partial charge is 0.484 e. The van der Waals surface area contributed by atoms with Gasteiger partial charge in [0.2, 0.25) is 5.89 Å². The lowest BCUT2D eigenvalue weighted by molar-refractivity contribution is -0.118. The third kappa shape index (κ3) is 3.97. The Kier molecular flexibility index (Phi) is 4.95. The maximum atomic E-state index is 13.2. The molecule has 0 radical (unpaired) electrons. The van der Waals surface area contributed by atoms with Crippen molar-refractivity contribution in [3.05, 3.63) is 77.6 Å². The average molecular weight is 397 g/mol. The number of nitrogens with zero attached hydrogens (tertiary/aromatic N) is 1. The third-order valence-corrected chi connectivity index (χ3v) is 4.26. The summed E-state index contributed by atoms with van der Waals surface area (Å²) in [5.41, 5.74) is 2.10. The van der Waals surface area contributed by atoms with Gasteiger partial charge in [-0.05, 0) is 48.5 Å². The molecule has 0 aliphatic rings. The molecule has 0 saturated heterocycles. The molecule has 0 saturated carbocycles. The van der Waals surface area contributed by atoms with Gasteiger partial charge in [0.25, 0.3) is 5.91 Å². The van der Waals surface area contributed by atoms with Crippen LogP contribution in [-0.2, 0) is 4.79 Å². The molecule has 0 fully saturated rings. The van der Waals surface area contributed by atoms with E-state index in [1.807, 2.05) is 18.2 Å². The standard InChI is InChI=1S/C21H14ClFN2O3/c22-17-10-13(23)6-8-16(17)21-25-18-11-14(7-9-19(18)28-21)24-20(26)12-27-15-4-2-1-3-5-15/h1-11H,12H2,(H,24,26). The van der Waals surface area contributed by atoms with Crippen molar-refractivity contribution in [1.82, 2.24) is 4.98 Å². The Morgan fingerprint density at radius 1 is 1.11 bits per heavy atom. The molecule has 3 aromatic carbocycles. The molecule has 28 heavy (non-hydrogen) atoms. The van der Waals surface area contributed by atoms with E-state index in [0.717, 1.165) is 0 Å². The number of para-hydroxylation sites is 1. The maximum Gasteiger partial charge on any atom is 0.262 e. The van der Waals surface area contributed by atoms with Crippen molar-refractivity contribution in [2.45, 2.75) is 0 Å². The van der Waals surface area contributed by atoms with Gasteiger partial charge < -0.3 is 14.5 Å². The van der Waals surface area contributed by atoms with E-state index in [1.54, 1.807) is 30.3 Å². The summed E-state index contributed by atoms with van der Waals surface area (Å²) >= 11 is 6.07. The van der Waals surface area contributed by atoms with Gasteiger partial charge >= 0.3 is 0 Å². The Hall–Kier alpha value is -3.38. The van der Waals surface area contributed by atoms with Gasteiger partial charge in [0.05, 0.1) is 10.6 Å². The zero-order chi connectivity index (χ0) is 19.5. The first-order chi connectivity index (χ1) is 13.6. The highest BCUT2D eigenvalue weighted by atomic mass is 35.5. The Morgan fingerprint density at radius 2 is 1.93 bits per heavy atom. The number of carbonyl (C=O) groups excluding carboxylic acids is 1. The van der Waals surface area contributed by atoms with Gasteiger partial charge in [-0.3, -0.25) is 4.79 Å². The van der Waals surface area contributed by atoms with Crippen LogP contribution in [0.4, 0.5) is 10.1 Å². The molecule has 0 bridgehead atoms. The molecule has 4 aromatic rings. The smallest absolute Gasteiger partial charge is 0.262 e. The molecule has 0 aliphatic carbocycles. The number of amides is 1. The number of anilines is 1. The Morgan fingerprint density at radius 3 is 2.71 bits per heavy atom. The van der Waals surface area contributed by atoms with E-state index in [4.69, 9.17) is 20.8 Å². The van der Waals surface area contributed by atoms with Crippen molar-refractivity contribution >= 4 is 34.3 Å². The summed E-state index contributed by atoms with van der Waals surface area (Å²) in [4.78, 5) is 16.5. The minimum absolute atomic E-state index is 0.114. The first-order valence-electron chi connectivity index (χ1n) is 8.42. The summed E-state index contributed by atoms with van der Waals surface area (Å²) < 4.78 is 24.3. The van der Waals surface area contributed by atoms with E-state index in [2.05, 4.69) is 10.3 Å². The van der Waals surface area contributed by atoms with Crippen LogP contribution in [0.3, 0.4) is 0 Å². The minimum atomic E-state index is -0.437. The number of rotatable bonds is 5. The van der Waals surface area contributed by atoms with Crippen molar-refractivity contribution in [2.75, 3.05) is 11.9 Å². The van der Waals surface area contributed by atoms with E-state index in [0.29, 0.717) is 28.1 Å². The quantitative estimate of drug-likeness (QED) is 0.497. The van der Waals surface area contributed by atoms with Crippen molar-refractivity contribution in [2.24, 2.45) is 0 Å². The van der Waals surface area contributed by atoms with Gasteiger partial charge in [-0.25, -0.2) is 9.37 Å². The van der Waals surface area contributed by atoms with E-state index in [9.17, 15) is 9.18 Å². The highest BCUT2D eigenvalue weighted by molar-refractivity contribution is 6.33. The molecule has 0 atom stereocenters. The molecular formula is C21H14ClFN2O3. The van der Waals surface area contributed by atoms with Gasteiger partial charge in [-0.15, -0.1) is 0 Å². The lowest BCUT2D eigenvalue weighted by Gasteiger charge is -2.07. The number of halogens is 2. The molecule has 0 spiro atoms. The van der Waals surface area contributed by atoms with Gasteiger partial charge in [-0.2, -0.15) is 0 Å². The second-order valence-electron chi connectivity index (χ2n) is 5.98. The molecule has 5 nitrogen and oxygen atoms in total. The Labute approximate surface area is 164 Å². The van der Waals surface area contributed by atoms with Crippen molar-refractivity contribution in [3.8, 4) is 17.2 Å². The minimum Gasteiger partial charge on any atom is -0.484 e. The van der Waals surface area contributed by atoms with Gasteiger partial charge in [0.15, 0.2) is 12.2 Å². The topological polar surface area (TPSA) is 64.4 Å². The summed E-state index contributed by atoms with van der Waals surface area (Å²) in [6, 6.07) is 18.1. The molecule has 140 valence electrons. The van der Waals surface area contributed by atoms with E-state index < -0.39 is 5.82 Å². The summed E-state index contributed by atoms with van der Waals surface area (Å²) in [7, 11) is 0. The van der Waals surface area contributed by atoms with Crippen LogP contribution in [0.25, 0.3) is 22.6 Å². The SMILES string of the molecule is O=C(COc1ccccc1)Nc1ccc2oc(-c3ccc(F)cc3Cl)nc2c1. The molecule has 1 N–H and O–H groups in total. The molecule has 0 unspecified atom stereocenters. The zero-order valence-electron chi connectivity index (χ0n) is 14.5. The lowest BCUT2D eigenvalue weighted by atomic mass is 10.2. The van der Waals surface area contributed by atoms with Gasteiger partial charge in [0, 0.05) is 5.69 Å². The number of oxazole rings is 1. The highest BCUT2D eigenvalue weighted by Gasteiger charge is 2.13. The second kappa shape index (κ2) is 7.70. The van der Waals surface area contributed by atoms with Crippen LogP contribution in [-0.4, -0.2) is 17.5 Å². The van der Waals surface area contributed by atoms with Crippen molar-refractivity contribution in [1.29, 1.82) is 0 Å². The molecule has 1 heterocycles. The summed E-state index contributed by atoms with van der Waals surface area (Å²) in [5, 5.41) is 2.96. The van der Waals surface area contributed by atoms with Crippen LogP contribution in [0.15, 0.2) is 71.1 Å². The fourth-order valence-corrected chi connectivity index (χ4v) is 2.89. The number of fused-ring (bicyclic) bond motifs is 1. The Bertz CT molecular complexity index is 1150. The van der Waals surface area contributed by atoms with Crippen LogP contribution in [0, 0.1) is 5.82 Å². The van der Waals surface area contributed by atoms with Crippen LogP contribution >= 0.6 is 11.6 Å². The van der Waals surface area contributed by atoms with Crippen molar-refractivity contribution in [3.63, 3.8) is 0 Å². The zero-order valence-corrected chi connectivity index (χ0v) is 15.2. The highest BCUT2D eigenvalue weighted by Crippen LogP contribution is 2.31. The van der Waals surface area contributed by atoms with Gasteiger partial charge in [-0.1, -0.05) is 29.8 Å². The van der Waals surface area contributed by atoms with E-state index in [1.165, 1.54) is 18.2 Å². The Balaban J connectivity index is 1.49. The number of ether oxygens (including phenoxy) is 1. The van der Waals surface area contributed by atoms with E-state index in [-0.39, 0.29) is 23.4 Å². The van der Waals surface area contributed by atoms with Crippen molar-refractivity contribution < 1.29 is 18.3 Å². The molecule has 1 amide bonds. The first-order valence-corrected chi connectivity index (χ1v) is 8.80. The number of benzene rings is 3. The summed E-state index contributed by atoms with van der Waals surface area (Å²) in [6.45, 7) is -0.114. The predicted molar refractivity (Wildman–Crippen MR) is 105 cm³/mol. The van der Waals surface area contributed by atoms with Crippen LogP contribution in [0.2, 0.25) is 5.02 Å². The molecular weight excluding hydrogens is 383 g/mol. The molecule has 1 aromatic heterocycles. The molecule has 0 aliphatic heterocycles. The first kappa shape index (κ1) is 18.0.